The molecule has 1 aliphatic rings. The van der Waals surface area contributed by atoms with Gasteiger partial charge in [0.2, 0.25) is 10.0 Å². The molecule has 162 valence electrons. The highest BCUT2D eigenvalue weighted by atomic mass is 32.2. The van der Waals surface area contributed by atoms with Crippen molar-refractivity contribution in [3.8, 4) is 0 Å². The van der Waals surface area contributed by atoms with Gasteiger partial charge in [-0.1, -0.05) is 30.8 Å². The topological polar surface area (TPSA) is 66.5 Å². The summed E-state index contributed by atoms with van der Waals surface area (Å²) in [4.78, 5) is 13.1. The first-order valence-corrected chi connectivity index (χ1v) is 12.0. The molecular weight excluding hydrogens is 430 g/mol. The van der Waals surface area contributed by atoms with E-state index < -0.39 is 15.8 Å². The molecule has 0 spiro atoms. The van der Waals surface area contributed by atoms with Gasteiger partial charge in [0.25, 0.3) is 5.76 Å². The minimum atomic E-state index is -3.64. The number of halogens is 2. The van der Waals surface area contributed by atoms with E-state index in [1.807, 2.05) is 6.92 Å². The Labute approximate surface area is 179 Å². The van der Waals surface area contributed by atoms with Gasteiger partial charge >= 0.3 is 0 Å². The molecule has 2 aromatic rings. The van der Waals surface area contributed by atoms with Crippen LogP contribution in [0.1, 0.15) is 30.1 Å². The highest BCUT2D eigenvalue weighted by Gasteiger charge is 2.29. The van der Waals surface area contributed by atoms with Crippen molar-refractivity contribution in [3.05, 3.63) is 54.1 Å². The molecule has 3 rings (SSSR count). The monoisotopic (exact) mass is 454 g/mol. The number of anilines is 1. The van der Waals surface area contributed by atoms with Crippen LogP contribution in [0.4, 0.5) is 14.5 Å². The fraction of sp³-hybridized carbons (Fsp3) is 0.381. The summed E-state index contributed by atoms with van der Waals surface area (Å²) in [6.45, 7) is 2.98. The number of hydrogen-bond donors (Lipinski definition) is 1. The summed E-state index contributed by atoms with van der Waals surface area (Å²) < 4.78 is 52.1. The summed E-state index contributed by atoms with van der Waals surface area (Å²) in [5.41, 5.74) is 0.923. The van der Waals surface area contributed by atoms with Gasteiger partial charge < -0.3 is 5.32 Å². The predicted octanol–water partition coefficient (Wildman–Crippen LogP) is 4.72. The lowest BCUT2D eigenvalue weighted by Gasteiger charge is -2.30. The third kappa shape index (κ3) is 5.80. The van der Waals surface area contributed by atoms with E-state index >= 15 is 0 Å². The largest absolute Gasteiger partial charge is 0.378 e. The molecule has 1 fully saturated rings. The number of nitrogens with one attached hydrogen (secondary N) is 1. The first-order chi connectivity index (χ1) is 14.3. The average Bonchev–Trinajstić information content (AvgIpc) is 2.72. The smallest absolute Gasteiger partial charge is 0.288 e. The van der Waals surface area contributed by atoms with Gasteiger partial charge in [-0.3, -0.25) is 4.79 Å². The zero-order chi connectivity index (χ0) is 21.7. The molecular formula is C21H24F2N2O3S2. The van der Waals surface area contributed by atoms with Gasteiger partial charge in [-0.05, 0) is 55.2 Å². The van der Waals surface area contributed by atoms with Crippen molar-refractivity contribution in [2.24, 2.45) is 5.92 Å². The normalized spacial score (nSPS) is 17.8. The number of sulfonamides is 1. The maximum atomic E-state index is 12.9. The van der Waals surface area contributed by atoms with Crippen molar-refractivity contribution in [1.82, 2.24) is 4.31 Å². The van der Waals surface area contributed by atoms with E-state index in [9.17, 15) is 22.0 Å². The second kappa shape index (κ2) is 9.89. The molecule has 9 heteroatoms. The summed E-state index contributed by atoms with van der Waals surface area (Å²) in [5, 5.41) is 2.94. The number of carbonyl (C=O) groups excluding carboxylic acids is 1. The predicted molar refractivity (Wildman–Crippen MR) is 115 cm³/mol. The second-order valence-electron chi connectivity index (χ2n) is 7.32. The number of thioether (sulfide) groups is 1. The minimum Gasteiger partial charge on any atom is -0.378 e. The second-order valence-corrected chi connectivity index (χ2v) is 10.3. The number of ketones is 1. The number of benzene rings is 2. The molecule has 0 aromatic heterocycles. The Hall–Kier alpha value is -1.97. The Morgan fingerprint density at radius 1 is 1.23 bits per heavy atom. The SMILES string of the molecule is CC1CCCN(S(=O)(=O)c2cccc(C(=O)CNc3ccc(SC(F)F)cc3)c2)C1. The fourth-order valence-electron chi connectivity index (χ4n) is 3.38. The van der Waals surface area contributed by atoms with Crippen molar-refractivity contribution >= 4 is 33.3 Å². The summed E-state index contributed by atoms with van der Waals surface area (Å²) >= 11 is 0.455. The third-order valence-electron chi connectivity index (χ3n) is 4.95. The van der Waals surface area contributed by atoms with Gasteiger partial charge in [0.15, 0.2) is 5.78 Å². The molecule has 0 aliphatic carbocycles. The fourth-order valence-corrected chi connectivity index (χ4v) is 5.53. The van der Waals surface area contributed by atoms with Crippen LogP contribution in [0.15, 0.2) is 58.3 Å². The maximum Gasteiger partial charge on any atom is 0.288 e. The molecule has 0 amide bonds. The minimum absolute atomic E-state index is 0.0361. The lowest BCUT2D eigenvalue weighted by Crippen LogP contribution is -2.39. The summed E-state index contributed by atoms with van der Waals surface area (Å²) in [6, 6.07) is 12.4. The van der Waals surface area contributed by atoms with E-state index in [0.717, 1.165) is 12.8 Å². The number of piperidine rings is 1. The Kier molecular flexibility index (Phi) is 7.49. The van der Waals surface area contributed by atoms with Gasteiger partial charge in [0, 0.05) is 29.2 Å². The van der Waals surface area contributed by atoms with Crippen LogP contribution in [0.25, 0.3) is 0 Å². The zero-order valence-electron chi connectivity index (χ0n) is 16.6. The quantitative estimate of drug-likeness (QED) is 0.462. The molecule has 5 nitrogen and oxygen atoms in total. The van der Waals surface area contributed by atoms with Gasteiger partial charge in [-0.25, -0.2) is 8.42 Å². The van der Waals surface area contributed by atoms with Crippen LogP contribution < -0.4 is 5.32 Å². The van der Waals surface area contributed by atoms with E-state index in [4.69, 9.17) is 0 Å². The van der Waals surface area contributed by atoms with Crippen LogP contribution >= 0.6 is 11.8 Å². The third-order valence-corrected chi connectivity index (χ3v) is 7.53. The van der Waals surface area contributed by atoms with Crippen LogP contribution in [0, 0.1) is 5.92 Å². The summed E-state index contributed by atoms with van der Waals surface area (Å²) in [7, 11) is -3.64. The standard InChI is InChI=1S/C21H24F2N2O3S2/c1-15-4-3-11-25(14-15)30(27,28)19-6-2-5-16(12-19)20(26)13-24-17-7-9-18(10-8-17)29-21(22)23/h2,5-10,12,15,21,24H,3-4,11,13-14H2,1H3. The Morgan fingerprint density at radius 3 is 2.63 bits per heavy atom. The van der Waals surface area contributed by atoms with E-state index in [1.54, 1.807) is 36.4 Å². The van der Waals surface area contributed by atoms with Crippen molar-refractivity contribution in [2.75, 3.05) is 25.0 Å². The van der Waals surface area contributed by atoms with E-state index in [1.165, 1.54) is 16.4 Å². The van der Waals surface area contributed by atoms with Crippen LogP contribution in [0.5, 0.6) is 0 Å². The molecule has 1 N–H and O–H groups in total. The molecule has 0 saturated carbocycles. The Balaban J connectivity index is 1.66. The van der Waals surface area contributed by atoms with Crippen LogP contribution in [-0.2, 0) is 10.0 Å². The Morgan fingerprint density at radius 2 is 1.97 bits per heavy atom. The highest BCUT2D eigenvalue weighted by Crippen LogP contribution is 2.26. The van der Waals surface area contributed by atoms with Crippen LogP contribution in [0.3, 0.4) is 0 Å². The van der Waals surface area contributed by atoms with Gasteiger partial charge in [0.1, 0.15) is 0 Å². The summed E-state index contributed by atoms with van der Waals surface area (Å²) in [6.07, 6.45) is 1.84. The number of rotatable bonds is 8. The molecule has 1 atom stereocenters. The maximum absolute atomic E-state index is 12.9. The number of alkyl halides is 2. The lowest BCUT2D eigenvalue weighted by molar-refractivity contribution is 0.101. The molecule has 1 heterocycles. The van der Waals surface area contributed by atoms with Gasteiger partial charge in [-0.2, -0.15) is 13.1 Å². The molecule has 30 heavy (non-hydrogen) atoms. The van der Waals surface area contributed by atoms with Crippen LogP contribution in [0.2, 0.25) is 0 Å². The lowest BCUT2D eigenvalue weighted by atomic mass is 10.0. The molecule has 0 radical (unpaired) electrons. The van der Waals surface area contributed by atoms with Crippen molar-refractivity contribution in [3.63, 3.8) is 0 Å². The Bertz CT molecular complexity index is 982. The summed E-state index contributed by atoms with van der Waals surface area (Å²) in [5.74, 6) is -2.43. The number of nitrogens with zero attached hydrogens (tertiary/aromatic N) is 1. The molecule has 1 aliphatic heterocycles. The molecule has 2 aromatic carbocycles. The average molecular weight is 455 g/mol. The van der Waals surface area contributed by atoms with Gasteiger partial charge in [-0.15, -0.1) is 0 Å². The molecule has 0 bridgehead atoms. The number of Topliss-reactive ketones (excluding diaryl/α,β-unsaturated/α-hetero) is 1. The number of carbonyl (C=O) groups is 1. The first-order valence-electron chi connectivity index (χ1n) is 9.68. The molecule has 1 unspecified atom stereocenters. The van der Waals surface area contributed by atoms with Crippen LogP contribution in [-0.4, -0.2) is 43.9 Å². The number of hydrogen-bond acceptors (Lipinski definition) is 5. The van der Waals surface area contributed by atoms with Gasteiger partial charge in [0.05, 0.1) is 11.4 Å². The highest BCUT2D eigenvalue weighted by molar-refractivity contribution is 7.99. The van der Waals surface area contributed by atoms with Crippen molar-refractivity contribution in [1.29, 1.82) is 0 Å². The first kappa shape index (κ1) is 22.7. The van der Waals surface area contributed by atoms with Crippen molar-refractivity contribution in [2.45, 2.75) is 35.3 Å². The van der Waals surface area contributed by atoms with E-state index in [0.29, 0.717) is 46.9 Å². The zero-order valence-corrected chi connectivity index (χ0v) is 18.2. The molecule has 1 saturated heterocycles. The van der Waals surface area contributed by atoms with E-state index in [2.05, 4.69) is 5.32 Å². The van der Waals surface area contributed by atoms with E-state index in [-0.39, 0.29) is 17.2 Å². The van der Waals surface area contributed by atoms with Crippen molar-refractivity contribution < 1.29 is 22.0 Å².